The van der Waals surface area contributed by atoms with Crippen LogP contribution in [0.3, 0.4) is 0 Å². The van der Waals surface area contributed by atoms with Gasteiger partial charge in [0.2, 0.25) is 0 Å². The van der Waals surface area contributed by atoms with Crippen molar-refractivity contribution in [3.05, 3.63) is 17.5 Å². The maximum absolute atomic E-state index is 11.4. The second-order valence-corrected chi connectivity index (χ2v) is 4.04. The minimum absolute atomic E-state index is 0.0304. The number of rotatable bonds is 2. The molecule has 0 aromatic carbocycles. The number of aromatic nitrogens is 2. The van der Waals surface area contributed by atoms with Gasteiger partial charge < -0.3 is 5.73 Å². The number of carbonyl (C=O) groups is 1. The number of nitrogens with two attached hydrogens (primary N) is 1. The topological polar surface area (TPSA) is 71.8 Å². The summed E-state index contributed by atoms with van der Waals surface area (Å²) in [4.78, 5) is 11.4. The van der Waals surface area contributed by atoms with E-state index in [0.717, 1.165) is 5.69 Å². The SMILES string of the molecule is CC(C)(C)c1[nH]ncc1C(=O)CN. The fourth-order valence-corrected chi connectivity index (χ4v) is 1.18. The summed E-state index contributed by atoms with van der Waals surface area (Å²) < 4.78 is 0. The van der Waals surface area contributed by atoms with Crippen LogP contribution in [-0.2, 0) is 5.41 Å². The third kappa shape index (κ3) is 1.95. The molecule has 0 aliphatic heterocycles. The number of hydrogen-bond donors (Lipinski definition) is 2. The summed E-state index contributed by atoms with van der Waals surface area (Å²) in [6.45, 7) is 6.10. The summed E-state index contributed by atoms with van der Waals surface area (Å²) in [6.07, 6.45) is 1.54. The zero-order chi connectivity index (χ0) is 10.1. The molecule has 1 rings (SSSR count). The van der Waals surface area contributed by atoms with Crippen molar-refractivity contribution >= 4 is 5.78 Å². The first-order valence-corrected chi connectivity index (χ1v) is 4.24. The van der Waals surface area contributed by atoms with Gasteiger partial charge in [0.1, 0.15) is 0 Å². The molecule has 0 saturated heterocycles. The van der Waals surface area contributed by atoms with Crippen molar-refractivity contribution in [2.45, 2.75) is 26.2 Å². The highest BCUT2D eigenvalue weighted by molar-refractivity contribution is 5.98. The maximum Gasteiger partial charge on any atom is 0.179 e. The summed E-state index contributed by atoms with van der Waals surface area (Å²) in [5, 5.41) is 6.69. The zero-order valence-electron chi connectivity index (χ0n) is 8.22. The fourth-order valence-electron chi connectivity index (χ4n) is 1.18. The highest BCUT2D eigenvalue weighted by Crippen LogP contribution is 2.23. The second kappa shape index (κ2) is 3.30. The summed E-state index contributed by atoms with van der Waals surface area (Å²) in [6, 6.07) is 0. The van der Waals surface area contributed by atoms with Gasteiger partial charge in [0.05, 0.1) is 24.0 Å². The van der Waals surface area contributed by atoms with E-state index in [2.05, 4.69) is 10.2 Å². The Morgan fingerprint density at radius 2 is 2.23 bits per heavy atom. The molecule has 0 bridgehead atoms. The lowest BCUT2D eigenvalue weighted by molar-refractivity contribution is 0.0999. The Balaban J connectivity index is 3.10. The molecule has 0 atom stereocenters. The molecule has 0 radical (unpaired) electrons. The van der Waals surface area contributed by atoms with Gasteiger partial charge in [-0.3, -0.25) is 9.89 Å². The maximum atomic E-state index is 11.4. The predicted octanol–water partition coefficient (Wildman–Crippen LogP) is 0.849. The van der Waals surface area contributed by atoms with Crippen LogP contribution in [-0.4, -0.2) is 22.5 Å². The average molecular weight is 181 g/mol. The van der Waals surface area contributed by atoms with Gasteiger partial charge in [-0.1, -0.05) is 20.8 Å². The van der Waals surface area contributed by atoms with Gasteiger partial charge in [-0.05, 0) is 0 Å². The Labute approximate surface area is 77.5 Å². The number of nitrogens with zero attached hydrogens (tertiary/aromatic N) is 1. The van der Waals surface area contributed by atoms with Crippen LogP contribution in [0.4, 0.5) is 0 Å². The van der Waals surface area contributed by atoms with Gasteiger partial charge in [-0.2, -0.15) is 5.10 Å². The largest absolute Gasteiger partial charge is 0.324 e. The average Bonchev–Trinajstić information content (AvgIpc) is 2.49. The van der Waals surface area contributed by atoms with Crippen LogP contribution in [0.1, 0.15) is 36.8 Å². The van der Waals surface area contributed by atoms with Crippen LogP contribution in [0, 0.1) is 0 Å². The molecule has 0 aliphatic carbocycles. The van der Waals surface area contributed by atoms with Crippen molar-refractivity contribution < 1.29 is 4.79 Å². The quantitative estimate of drug-likeness (QED) is 0.664. The number of ketones is 1. The normalized spacial score (nSPS) is 11.7. The number of carbonyl (C=O) groups excluding carboxylic acids is 1. The first-order valence-electron chi connectivity index (χ1n) is 4.24. The molecule has 4 heteroatoms. The van der Waals surface area contributed by atoms with E-state index in [1.807, 2.05) is 20.8 Å². The Hall–Kier alpha value is -1.16. The molecule has 0 amide bonds. The highest BCUT2D eigenvalue weighted by Gasteiger charge is 2.22. The molecule has 1 aromatic rings. The lowest BCUT2D eigenvalue weighted by atomic mass is 9.88. The van der Waals surface area contributed by atoms with Crippen molar-refractivity contribution in [3.8, 4) is 0 Å². The first-order chi connectivity index (χ1) is 5.96. The Morgan fingerprint density at radius 3 is 2.69 bits per heavy atom. The van der Waals surface area contributed by atoms with Gasteiger partial charge in [-0.15, -0.1) is 0 Å². The summed E-state index contributed by atoms with van der Waals surface area (Å²) in [5.74, 6) is -0.0707. The summed E-state index contributed by atoms with van der Waals surface area (Å²) >= 11 is 0. The molecule has 0 fully saturated rings. The number of hydrogen-bond acceptors (Lipinski definition) is 3. The van der Waals surface area contributed by atoms with Gasteiger partial charge in [-0.25, -0.2) is 0 Å². The van der Waals surface area contributed by atoms with Crippen LogP contribution in [0.5, 0.6) is 0 Å². The van der Waals surface area contributed by atoms with E-state index in [1.165, 1.54) is 6.20 Å². The molecule has 0 unspecified atom stereocenters. The van der Waals surface area contributed by atoms with Gasteiger partial charge in [0, 0.05) is 5.41 Å². The van der Waals surface area contributed by atoms with Crippen LogP contribution in [0.15, 0.2) is 6.20 Å². The summed E-state index contributed by atoms with van der Waals surface area (Å²) in [5.41, 5.74) is 6.64. The van der Waals surface area contributed by atoms with Gasteiger partial charge in [0.15, 0.2) is 5.78 Å². The number of Topliss-reactive ketones (excluding diaryl/α,β-unsaturated/α-hetero) is 1. The van der Waals surface area contributed by atoms with E-state index < -0.39 is 0 Å². The Bertz CT molecular complexity index is 309. The second-order valence-electron chi connectivity index (χ2n) is 4.04. The number of nitrogens with one attached hydrogen (secondary N) is 1. The van der Waals surface area contributed by atoms with Crippen molar-refractivity contribution in [1.82, 2.24) is 10.2 Å². The monoisotopic (exact) mass is 181 g/mol. The molecule has 0 spiro atoms. The zero-order valence-corrected chi connectivity index (χ0v) is 8.22. The molecule has 3 N–H and O–H groups in total. The Morgan fingerprint density at radius 1 is 1.62 bits per heavy atom. The van der Waals surface area contributed by atoms with E-state index >= 15 is 0 Å². The minimum atomic E-state index is -0.101. The number of aromatic amines is 1. The molecule has 13 heavy (non-hydrogen) atoms. The van der Waals surface area contributed by atoms with Crippen LogP contribution < -0.4 is 5.73 Å². The van der Waals surface area contributed by atoms with Crippen LogP contribution in [0.2, 0.25) is 0 Å². The fraction of sp³-hybridized carbons (Fsp3) is 0.556. The van der Waals surface area contributed by atoms with E-state index in [0.29, 0.717) is 5.56 Å². The van der Waals surface area contributed by atoms with E-state index in [4.69, 9.17) is 5.73 Å². The number of H-pyrrole nitrogens is 1. The lowest BCUT2D eigenvalue weighted by Gasteiger charge is -2.17. The third-order valence-electron chi connectivity index (χ3n) is 1.88. The van der Waals surface area contributed by atoms with E-state index in [-0.39, 0.29) is 17.7 Å². The van der Waals surface area contributed by atoms with Gasteiger partial charge in [0.25, 0.3) is 0 Å². The summed E-state index contributed by atoms with van der Waals surface area (Å²) in [7, 11) is 0. The van der Waals surface area contributed by atoms with E-state index in [1.54, 1.807) is 0 Å². The molecule has 0 saturated carbocycles. The smallest absolute Gasteiger partial charge is 0.179 e. The lowest BCUT2D eigenvalue weighted by Crippen LogP contribution is -2.20. The molecule has 1 aromatic heterocycles. The Kier molecular flexibility index (Phi) is 2.52. The molecule has 72 valence electrons. The molecule has 0 aliphatic rings. The third-order valence-corrected chi connectivity index (χ3v) is 1.88. The standard InChI is InChI=1S/C9H15N3O/c1-9(2,3)8-6(5-11-12-8)7(13)4-10/h5H,4,10H2,1-3H3,(H,11,12). The van der Waals surface area contributed by atoms with Crippen molar-refractivity contribution in [3.63, 3.8) is 0 Å². The van der Waals surface area contributed by atoms with Gasteiger partial charge >= 0.3 is 0 Å². The van der Waals surface area contributed by atoms with Crippen molar-refractivity contribution in [2.24, 2.45) is 5.73 Å². The van der Waals surface area contributed by atoms with Crippen LogP contribution >= 0.6 is 0 Å². The molecular weight excluding hydrogens is 166 g/mol. The molecule has 1 heterocycles. The van der Waals surface area contributed by atoms with Crippen molar-refractivity contribution in [1.29, 1.82) is 0 Å². The van der Waals surface area contributed by atoms with E-state index in [9.17, 15) is 4.79 Å². The first kappa shape index (κ1) is 9.92. The molecular formula is C9H15N3O. The minimum Gasteiger partial charge on any atom is -0.324 e. The van der Waals surface area contributed by atoms with Crippen LogP contribution in [0.25, 0.3) is 0 Å². The molecule has 4 nitrogen and oxygen atoms in total. The van der Waals surface area contributed by atoms with Crippen molar-refractivity contribution in [2.75, 3.05) is 6.54 Å². The predicted molar refractivity (Wildman–Crippen MR) is 50.7 cm³/mol. The highest BCUT2D eigenvalue weighted by atomic mass is 16.1.